The van der Waals surface area contributed by atoms with Crippen molar-refractivity contribution < 1.29 is 17.9 Å². The zero-order valence-electron chi connectivity index (χ0n) is 13.9. The maximum absolute atomic E-state index is 12.5. The van der Waals surface area contributed by atoms with E-state index in [0.717, 1.165) is 5.56 Å². The predicted octanol–water partition coefficient (Wildman–Crippen LogP) is 3.19. The molecule has 2 aromatic carbocycles. The average Bonchev–Trinajstić information content (AvgIpc) is 3.01. The van der Waals surface area contributed by atoms with E-state index in [0.29, 0.717) is 24.5 Å². The quantitative estimate of drug-likeness (QED) is 0.858. The van der Waals surface area contributed by atoms with Crippen molar-refractivity contribution in [3.63, 3.8) is 0 Å². The molecule has 7 heteroatoms. The summed E-state index contributed by atoms with van der Waals surface area (Å²) in [6, 6.07) is 16.3. The molecule has 1 aliphatic heterocycles. The van der Waals surface area contributed by atoms with Gasteiger partial charge >= 0.3 is 6.09 Å². The van der Waals surface area contributed by atoms with Gasteiger partial charge in [0.25, 0.3) is 0 Å². The number of nitrogens with zero attached hydrogens (tertiary/aromatic N) is 1. The molecule has 0 saturated carbocycles. The van der Waals surface area contributed by atoms with Crippen LogP contribution < -0.4 is 9.62 Å². The second kappa shape index (κ2) is 7.14. The van der Waals surface area contributed by atoms with Crippen molar-refractivity contribution in [3.8, 4) is 0 Å². The van der Waals surface area contributed by atoms with Gasteiger partial charge < -0.3 is 4.74 Å². The van der Waals surface area contributed by atoms with Crippen LogP contribution in [-0.4, -0.2) is 33.4 Å². The Morgan fingerprint density at radius 3 is 2.60 bits per heavy atom. The highest BCUT2D eigenvalue weighted by Gasteiger charge is 2.24. The molecule has 1 saturated heterocycles. The van der Waals surface area contributed by atoms with Crippen LogP contribution in [0.25, 0.3) is 0 Å². The highest BCUT2D eigenvalue weighted by Crippen LogP contribution is 2.24. The fraction of sp³-hybridized carbons (Fsp3) is 0.278. The summed E-state index contributed by atoms with van der Waals surface area (Å²) in [6.07, 6.45) is -0.419. The molecule has 132 valence electrons. The standard InChI is InChI=1S/C18H20N2O4S/c1-14(15-6-3-2-4-7-15)13-25(22,23)19-16-8-5-9-17(12-16)20-10-11-24-18(20)21/h2-9,12,14,19H,10-11,13H2,1H3/t14-/m0/s1. The molecule has 1 amide bonds. The number of anilines is 2. The van der Waals surface area contributed by atoms with E-state index in [1.54, 1.807) is 24.3 Å². The molecule has 0 radical (unpaired) electrons. The maximum atomic E-state index is 12.5. The van der Waals surface area contributed by atoms with Gasteiger partial charge in [-0.05, 0) is 29.7 Å². The highest BCUT2D eigenvalue weighted by molar-refractivity contribution is 7.92. The van der Waals surface area contributed by atoms with Gasteiger partial charge in [0.15, 0.2) is 0 Å². The number of amides is 1. The van der Waals surface area contributed by atoms with Crippen LogP contribution in [0.5, 0.6) is 0 Å². The van der Waals surface area contributed by atoms with Crippen LogP contribution in [0, 0.1) is 0 Å². The molecule has 1 heterocycles. The van der Waals surface area contributed by atoms with Gasteiger partial charge in [-0.2, -0.15) is 0 Å². The minimum atomic E-state index is -3.52. The molecular formula is C18H20N2O4S. The molecule has 3 rings (SSSR count). The van der Waals surface area contributed by atoms with Gasteiger partial charge in [0.05, 0.1) is 18.0 Å². The van der Waals surface area contributed by atoms with Gasteiger partial charge in [-0.1, -0.05) is 43.3 Å². The van der Waals surface area contributed by atoms with Gasteiger partial charge in [-0.25, -0.2) is 13.2 Å². The number of cyclic esters (lactones) is 1. The molecule has 25 heavy (non-hydrogen) atoms. The summed E-state index contributed by atoms with van der Waals surface area (Å²) in [4.78, 5) is 13.1. The first kappa shape index (κ1) is 17.3. The zero-order valence-corrected chi connectivity index (χ0v) is 14.7. The van der Waals surface area contributed by atoms with Crippen molar-refractivity contribution in [2.75, 3.05) is 28.5 Å². The van der Waals surface area contributed by atoms with Crippen LogP contribution in [-0.2, 0) is 14.8 Å². The lowest BCUT2D eigenvalue weighted by Gasteiger charge is -2.16. The van der Waals surface area contributed by atoms with Crippen LogP contribution in [0.2, 0.25) is 0 Å². The summed E-state index contributed by atoms with van der Waals surface area (Å²) in [6.45, 7) is 2.68. The SMILES string of the molecule is C[C@@H](CS(=O)(=O)Nc1cccc(N2CCOC2=O)c1)c1ccccc1. The summed E-state index contributed by atoms with van der Waals surface area (Å²) in [7, 11) is -3.52. The Kier molecular flexibility index (Phi) is 4.94. The largest absolute Gasteiger partial charge is 0.447 e. The fourth-order valence-corrected chi connectivity index (χ4v) is 4.21. The Hall–Kier alpha value is -2.54. The second-order valence-corrected chi connectivity index (χ2v) is 7.78. The summed E-state index contributed by atoms with van der Waals surface area (Å²) >= 11 is 0. The van der Waals surface area contributed by atoms with E-state index in [2.05, 4.69) is 4.72 Å². The van der Waals surface area contributed by atoms with Crippen molar-refractivity contribution in [2.45, 2.75) is 12.8 Å². The van der Waals surface area contributed by atoms with Crippen LogP contribution >= 0.6 is 0 Å². The third-order valence-corrected chi connectivity index (χ3v) is 5.52. The van der Waals surface area contributed by atoms with E-state index in [-0.39, 0.29) is 11.7 Å². The van der Waals surface area contributed by atoms with E-state index in [1.807, 2.05) is 37.3 Å². The first-order valence-corrected chi connectivity index (χ1v) is 9.70. The van der Waals surface area contributed by atoms with Crippen molar-refractivity contribution in [2.24, 2.45) is 0 Å². The summed E-state index contributed by atoms with van der Waals surface area (Å²) in [5, 5.41) is 0. The van der Waals surface area contributed by atoms with Crippen LogP contribution in [0.1, 0.15) is 18.4 Å². The van der Waals surface area contributed by atoms with Crippen molar-refractivity contribution in [1.82, 2.24) is 0 Å². The first-order valence-electron chi connectivity index (χ1n) is 8.04. The van der Waals surface area contributed by atoms with Gasteiger partial charge in [0.1, 0.15) is 6.61 Å². The molecule has 0 aromatic heterocycles. The van der Waals surface area contributed by atoms with E-state index >= 15 is 0 Å². The number of rotatable bonds is 6. The van der Waals surface area contributed by atoms with Crippen molar-refractivity contribution in [3.05, 3.63) is 60.2 Å². The summed E-state index contributed by atoms with van der Waals surface area (Å²) in [5.41, 5.74) is 2.01. The second-order valence-electron chi connectivity index (χ2n) is 6.01. The Morgan fingerprint density at radius 1 is 1.16 bits per heavy atom. The lowest BCUT2D eigenvalue weighted by molar-refractivity contribution is 0.181. The third-order valence-electron chi connectivity index (χ3n) is 4.03. The first-order chi connectivity index (χ1) is 11.9. The fourth-order valence-electron chi connectivity index (χ4n) is 2.79. The number of carbonyl (C=O) groups excluding carboxylic acids is 1. The molecular weight excluding hydrogens is 340 g/mol. The number of ether oxygens (including phenoxy) is 1. The van der Waals surface area contributed by atoms with Crippen molar-refractivity contribution in [1.29, 1.82) is 0 Å². The normalized spacial score (nSPS) is 15.7. The minimum Gasteiger partial charge on any atom is -0.447 e. The highest BCUT2D eigenvalue weighted by atomic mass is 32.2. The van der Waals surface area contributed by atoms with Crippen LogP contribution in [0.4, 0.5) is 16.2 Å². The van der Waals surface area contributed by atoms with Gasteiger partial charge in [-0.15, -0.1) is 0 Å². The van der Waals surface area contributed by atoms with Crippen LogP contribution in [0.15, 0.2) is 54.6 Å². The predicted molar refractivity (Wildman–Crippen MR) is 97.4 cm³/mol. The van der Waals surface area contributed by atoms with Crippen LogP contribution in [0.3, 0.4) is 0 Å². The number of sulfonamides is 1. The molecule has 0 spiro atoms. The lowest BCUT2D eigenvalue weighted by atomic mass is 10.0. The van der Waals surface area contributed by atoms with E-state index in [9.17, 15) is 13.2 Å². The number of nitrogens with one attached hydrogen (secondary N) is 1. The zero-order chi connectivity index (χ0) is 17.9. The molecule has 1 atom stereocenters. The average molecular weight is 360 g/mol. The third kappa shape index (κ3) is 4.30. The monoisotopic (exact) mass is 360 g/mol. The van der Waals surface area contributed by atoms with Gasteiger partial charge in [0, 0.05) is 5.69 Å². The molecule has 0 unspecified atom stereocenters. The topological polar surface area (TPSA) is 75.7 Å². The molecule has 0 bridgehead atoms. The number of carbonyl (C=O) groups is 1. The van der Waals surface area contributed by atoms with E-state index in [1.165, 1.54) is 4.90 Å². The Labute approximate surface area is 147 Å². The van der Waals surface area contributed by atoms with E-state index < -0.39 is 16.1 Å². The minimum absolute atomic E-state index is 0.0208. The summed E-state index contributed by atoms with van der Waals surface area (Å²) in [5.74, 6) is -0.150. The Balaban J connectivity index is 1.71. The van der Waals surface area contributed by atoms with Crippen molar-refractivity contribution >= 4 is 27.5 Å². The Morgan fingerprint density at radius 2 is 1.92 bits per heavy atom. The van der Waals surface area contributed by atoms with Gasteiger partial charge in [-0.3, -0.25) is 9.62 Å². The number of hydrogen-bond donors (Lipinski definition) is 1. The molecule has 1 N–H and O–H groups in total. The molecule has 0 aliphatic carbocycles. The molecule has 2 aromatic rings. The molecule has 6 nitrogen and oxygen atoms in total. The van der Waals surface area contributed by atoms with E-state index in [4.69, 9.17) is 4.74 Å². The number of benzene rings is 2. The maximum Gasteiger partial charge on any atom is 0.414 e. The Bertz CT molecular complexity index is 852. The lowest BCUT2D eigenvalue weighted by Crippen LogP contribution is -2.24. The number of hydrogen-bond acceptors (Lipinski definition) is 4. The molecule has 1 fully saturated rings. The molecule has 1 aliphatic rings. The smallest absolute Gasteiger partial charge is 0.414 e. The van der Waals surface area contributed by atoms with Gasteiger partial charge in [0.2, 0.25) is 10.0 Å². The summed E-state index contributed by atoms with van der Waals surface area (Å²) < 4.78 is 32.4.